The van der Waals surface area contributed by atoms with Crippen LogP contribution in [0.5, 0.6) is 0 Å². The Balaban J connectivity index is 2.12. The number of imidazole rings is 1. The van der Waals surface area contributed by atoms with Crippen molar-refractivity contribution in [2.24, 2.45) is 0 Å². The molecule has 0 unspecified atom stereocenters. The smallest absolute Gasteiger partial charge is 0.256 e. The summed E-state index contributed by atoms with van der Waals surface area (Å²) >= 11 is 0. The number of aromatic nitrogens is 2. The summed E-state index contributed by atoms with van der Waals surface area (Å²) in [5.74, 6) is -0.0933. The van der Waals surface area contributed by atoms with Crippen LogP contribution in [0.1, 0.15) is 11.3 Å². The lowest BCUT2D eigenvalue weighted by molar-refractivity contribution is -0.110. The van der Waals surface area contributed by atoms with E-state index in [1.807, 2.05) is 6.07 Å². The van der Waals surface area contributed by atoms with Crippen LogP contribution in [0.2, 0.25) is 0 Å². The van der Waals surface area contributed by atoms with Gasteiger partial charge in [-0.3, -0.25) is 4.79 Å². The van der Waals surface area contributed by atoms with Crippen LogP contribution in [0.15, 0.2) is 30.7 Å². The van der Waals surface area contributed by atoms with Gasteiger partial charge in [-0.05, 0) is 24.3 Å². The number of anilines is 1. The minimum absolute atomic E-state index is 0.0933. The van der Waals surface area contributed by atoms with Gasteiger partial charge < -0.3 is 10.3 Å². The first-order chi connectivity index (χ1) is 7.84. The van der Waals surface area contributed by atoms with Gasteiger partial charge in [0.15, 0.2) is 0 Å². The van der Waals surface area contributed by atoms with E-state index in [9.17, 15) is 4.79 Å². The van der Waals surface area contributed by atoms with Crippen molar-refractivity contribution >= 4 is 23.2 Å². The Morgan fingerprint density at radius 1 is 1.44 bits per heavy atom. The fourth-order valence-electron chi connectivity index (χ4n) is 1.72. The molecule has 77 valence electrons. The molecule has 0 fully saturated rings. The molecule has 0 aliphatic carbocycles. The van der Waals surface area contributed by atoms with Crippen LogP contribution >= 0.6 is 0 Å². The third kappa shape index (κ3) is 1.32. The zero-order chi connectivity index (χ0) is 11.0. The molecule has 3 rings (SSSR count). The largest absolute Gasteiger partial charge is 0.345 e. The molecule has 1 aromatic heterocycles. The SMILES string of the molecule is O=C1Nc2cc[c]cc2C1=Cc1cnc[nH]1. The number of hydrogen-bond donors (Lipinski definition) is 2. The van der Waals surface area contributed by atoms with E-state index in [0.717, 1.165) is 16.9 Å². The Morgan fingerprint density at radius 3 is 3.19 bits per heavy atom. The van der Waals surface area contributed by atoms with Gasteiger partial charge in [0.2, 0.25) is 0 Å². The second kappa shape index (κ2) is 3.34. The van der Waals surface area contributed by atoms with E-state index >= 15 is 0 Å². The molecular formula is C12H8N3O. The molecule has 0 spiro atoms. The topological polar surface area (TPSA) is 57.8 Å². The number of nitrogens with one attached hydrogen (secondary N) is 2. The third-order valence-corrected chi connectivity index (χ3v) is 2.47. The van der Waals surface area contributed by atoms with Gasteiger partial charge in [-0.2, -0.15) is 0 Å². The molecule has 1 aromatic carbocycles. The number of amides is 1. The number of carbonyl (C=O) groups excluding carboxylic acids is 1. The highest BCUT2D eigenvalue weighted by molar-refractivity contribution is 6.34. The number of fused-ring (bicyclic) bond motifs is 1. The Labute approximate surface area is 92.0 Å². The maximum atomic E-state index is 11.7. The van der Waals surface area contributed by atoms with Crippen molar-refractivity contribution in [2.45, 2.75) is 0 Å². The lowest BCUT2D eigenvalue weighted by Gasteiger charge is -1.95. The maximum Gasteiger partial charge on any atom is 0.256 e. The molecule has 1 radical (unpaired) electrons. The van der Waals surface area contributed by atoms with Crippen molar-refractivity contribution < 1.29 is 4.79 Å². The van der Waals surface area contributed by atoms with Crippen molar-refractivity contribution in [2.75, 3.05) is 5.32 Å². The first kappa shape index (κ1) is 8.91. The van der Waals surface area contributed by atoms with E-state index in [1.165, 1.54) is 0 Å². The second-order valence-electron chi connectivity index (χ2n) is 3.49. The molecule has 2 aromatic rings. The molecule has 16 heavy (non-hydrogen) atoms. The Kier molecular flexibility index (Phi) is 1.86. The quantitative estimate of drug-likeness (QED) is 0.704. The van der Waals surface area contributed by atoms with E-state index < -0.39 is 0 Å². The van der Waals surface area contributed by atoms with Crippen LogP contribution in [0.3, 0.4) is 0 Å². The lowest BCUT2D eigenvalue weighted by atomic mass is 10.1. The van der Waals surface area contributed by atoms with Crippen LogP contribution in [-0.2, 0) is 4.79 Å². The molecule has 0 saturated carbocycles. The van der Waals surface area contributed by atoms with Gasteiger partial charge >= 0.3 is 0 Å². The number of rotatable bonds is 1. The summed E-state index contributed by atoms with van der Waals surface area (Å²) in [7, 11) is 0. The zero-order valence-corrected chi connectivity index (χ0v) is 8.32. The first-order valence-electron chi connectivity index (χ1n) is 4.86. The molecule has 1 aliphatic rings. The second-order valence-corrected chi connectivity index (χ2v) is 3.49. The number of aromatic amines is 1. The van der Waals surface area contributed by atoms with Crippen LogP contribution in [0.25, 0.3) is 11.6 Å². The Bertz CT molecular complexity index is 570. The van der Waals surface area contributed by atoms with Gasteiger partial charge in [0.05, 0.1) is 23.8 Å². The molecule has 2 N–H and O–H groups in total. The van der Waals surface area contributed by atoms with Crippen molar-refractivity contribution in [3.05, 3.63) is 48.0 Å². The number of carbonyl (C=O) groups is 1. The third-order valence-electron chi connectivity index (χ3n) is 2.47. The van der Waals surface area contributed by atoms with E-state index in [4.69, 9.17) is 0 Å². The van der Waals surface area contributed by atoms with E-state index in [2.05, 4.69) is 21.4 Å². The highest BCUT2D eigenvalue weighted by Gasteiger charge is 2.23. The summed E-state index contributed by atoms with van der Waals surface area (Å²) in [6.45, 7) is 0. The number of hydrogen-bond acceptors (Lipinski definition) is 2. The molecule has 1 aliphatic heterocycles. The van der Waals surface area contributed by atoms with Gasteiger partial charge in [0.1, 0.15) is 0 Å². The fraction of sp³-hybridized carbons (Fsp3) is 0. The van der Waals surface area contributed by atoms with Crippen LogP contribution in [0.4, 0.5) is 5.69 Å². The molecule has 4 heteroatoms. The van der Waals surface area contributed by atoms with Crippen molar-refractivity contribution in [1.82, 2.24) is 9.97 Å². The highest BCUT2D eigenvalue weighted by atomic mass is 16.2. The summed E-state index contributed by atoms with van der Waals surface area (Å²) in [6.07, 6.45) is 5.03. The molecule has 0 bridgehead atoms. The van der Waals surface area contributed by atoms with E-state index in [0.29, 0.717) is 5.57 Å². The molecule has 4 nitrogen and oxygen atoms in total. The molecular weight excluding hydrogens is 202 g/mol. The fourth-order valence-corrected chi connectivity index (χ4v) is 1.72. The number of H-pyrrole nitrogens is 1. The minimum Gasteiger partial charge on any atom is -0.345 e. The molecule has 1 amide bonds. The van der Waals surface area contributed by atoms with Crippen LogP contribution in [-0.4, -0.2) is 15.9 Å². The zero-order valence-electron chi connectivity index (χ0n) is 8.32. The summed E-state index contributed by atoms with van der Waals surface area (Å²) in [5.41, 5.74) is 3.15. The number of nitrogens with zero attached hydrogens (tertiary/aromatic N) is 1. The standard InChI is InChI=1S/C12H8N3O/c16-12-10(5-8-6-13-7-14-8)9-3-1-2-4-11(9)15-12/h2-7H,(H,13,14)(H,15,16). The molecule has 0 atom stereocenters. The van der Waals surface area contributed by atoms with Gasteiger partial charge in [0.25, 0.3) is 5.91 Å². The normalized spacial score (nSPS) is 16.2. The molecule has 2 heterocycles. The van der Waals surface area contributed by atoms with Gasteiger partial charge in [-0.1, -0.05) is 6.07 Å². The highest BCUT2D eigenvalue weighted by Crippen LogP contribution is 2.31. The average molecular weight is 210 g/mol. The predicted octanol–water partition coefficient (Wildman–Crippen LogP) is 1.70. The first-order valence-corrected chi connectivity index (χ1v) is 4.86. The monoisotopic (exact) mass is 210 g/mol. The van der Waals surface area contributed by atoms with Crippen LogP contribution < -0.4 is 5.32 Å². The van der Waals surface area contributed by atoms with E-state index in [-0.39, 0.29) is 5.91 Å². The Hall–Kier alpha value is -2.36. The Morgan fingerprint density at radius 2 is 2.38 bits per heavy atom. The minimum atomic E-state index is -0.0933. The van der Waals surface area contributed by atoms with Gasteiger partial charge in [-0.15, -0.1) is 0 Å². The van der Waals surface area contributed by atoms with Gasteiger partial charge in [-0.25, -0.2) is 4.98 Å². The summed E-state index contributed by atoms with van der Waals surface area (Å²) < 4.78 is 0. The number of benzene rings is 1. The summed E-state index contributed by atoms with van der Waals surface area (Å²) in [5, 5.41) is 2.80. The molecule has 0 saturated heterocycles. The van der Waals surface area contributed by atoms with Gasteiger partial charge in [0, 0.05) is 11.3 Å². The summed E-state index contributed by atoms with van der Waals surface area (Å²) in [4.78, 5) is 18.6. The average Bonchev–Trinajstić information content (AvgIpc) is 2.89. The predicted molar refractivity (Wildman–Crippen MR) is 60.4 cm³/mol. The van der Waals surface area contributed by atoms with Crippen LogP contribution in [0, 0.1) is 6.07 Å². The van der Waals surface area contributed by atoms with Crippen molar-refractivity contribution in [1.29, 1.82) is 0 Å². The van der Waals surface area contributed by atoms with Crippen molar-refractivity contribution in [3.8, 4) is 0 Å². The summed E-state index contributed by atoms with van der Waals surface area (Å²) in [6, 6.07) is 8.38. The van der Waals surface area contributed by atoms with Crippen molar-refractivity contribution in [3.63, 3.8) is 0 Å². The van der Waals surface area contributed by atoms with E-state index in [1.54, 1.807) is 30.7 Å². The maximum absolute atomic E-state index is 11.7. The lowest BCUT2D eigenvalue weighted by Crippen LogP contribution is -2.03.